The molecule has 0 saturated heterocycles. The zero-order chi connectivity index (χ0) is 28.0. The minimum Gasteiger partial charge on any atom is -0.489 e. The van der Waals surface area contributed by atoms with Crippen molar-refractivity contribution in [2.75, 3.05) is 0 Å². The van der Waals surface area contributed by atoms with Gasteiger partial charge in [0.05, 0.1) is 10.5 Å². The van der Waals surface area contributed by atoms with Gasteiger partial charge in [0.1, 0.15) is 42.5 Å². The summed E-state index contributed by atoms with van der Waals surface area (Å²) in [4.78, 5) is 28.4. The number of hydrogen-bond donors (Lipinski definition) is 2. The van der Waals surface area contributed by atoms with Gasteiger partial charge in [0.15, 0.2) is 0 Å². The Morgan fingerprint density at radius 3 is 2.00 bits per heavy atom. The smallest absolute Gasteiger partial charge is 0.336 e. The zero-order valence-corrected chi connectivity index (χ0v) is 21.1. The fraction of sp³-hybridized carbons (Fsp3) is 0.100. The predicted octanol–water partition coefficient (Wildman–Crippen LogP) is 5.87. The predicted molar refractivity (Wildman–Crippen MR) is 144 cm³/mol. The Bertz CT molecular complexity index is 1530. The third kappa shape index (κ3) is 5.71. The van der Waals surface area contributed by atoms with Crippen LogP contribution >= 0.6 is 0 Å². The number of ether oxygens (including phenoxy) is 3. The van der Waals surface area contributed by atoms with Crippen LogP contribution in [-0.4, -0.2) is 16.0 Å². The molecule has 0 bridgehead atoms. The molecule has 0 spiro atoms. The molecule has 0 aliphatic carbocycles. The molecule has 0 amide bonds. The monoisotopic (exact) mass is 540 g/mol. The van der Waals surface area contributed by atoms with Crippen LogP contribution in [0.5, 0.6) is 23.0 Å². The van der Waals surface area contributed by atoms with Crippen LogP contribution in [0.2, 0.25) is 0 Å². The summed E-state index contributed by atoms with van der Waals surface area (Å²) in [6, 6.07) is 27.5. The summed E-state index contributed by atoms with van der Waals surface area (Å²) in [6.07, 6.45) is 2.57. The topological polar surface area (TPSA) is 129 Å². The number of carboxylic acid groups (broad SMARTS) is 1. The lowest BCUT2D eigenvalue weighted by Crippen LogP contribution is -2.44. The van der Waals surface area contributed by atoms with Gasteiger partial charge in [-0.2, -0.15) is 0 Å². The fourth-order valence-electron chi connectivity index (χ4n) is 4.12. The number of nitrogens with one attached hydrogen (secondary N) is 1. The van der Waals surface area contributed by atoms with Crippen molar-refractivity contribution < 1.29 is 33.9 Å². The molecule has 0 fully saturated rings. The van der Waals surface area contributed by atoms with Gasteiger partial charge in [-0.1, -0.05) is 60.7 Å². The Kier molecular flexibility index (Phi) is 7.61. The van der Waals surface area contributed by atoms with E-state index >= 15 is 0 Å². The van der Waals surface area contributed by atoms with Crippen LogP contribution in [0.1, 0.15) is 16.7 Å². The highest BCUT2D eigenvalue weighted by Gasteiger charge is 2.47. The van der Waals surface area contributed by atoms with Crippen LogP contribution in [0.4, 0.5) is 5.69 Å². The van der Waals surface area contributed by atoms with Gasteiger partial charge in [0.2, 0.25) is 5.54 Å². The molecule has 4 aromatic carbocycles. The molecule has 5 rings (SSSR count). The molecule has 10 heteroatoms. The summed E-state index contributed by atoms with van der Waals surface area (Å²) in [7, 11) is 0. The first-order valence-corrected chi connectivity index (χ1v) is 12.2. The van der Waals surface area contributed by atoms with Gasteiger partial charge in [-0.3, -0.25) is 10.1 Å². The van der Waals surface area contributed by atoms with Crippen molar-refractivity contribution in [3.63, 3.8) is 0 Å². The maximum atomic E-state index is 12.7. The number of nitro groups is 1. The van der Waals surface area contributed by atoms with Crippen molar-refractivity contribution in [1.29, 1.82) is 0 Å². The minimum absolute atomic E-state index is 0.0903. The molecule has 1 atom stereocenters. The summed E-state index contributed by atoms with van der Waals surface area (Å²) < 4.78 is 18.4. The quantitative estimate of drug-likeness (QED) is 0.177. The number of nitro benzene ring substituents is 1. The molecule has 1 aliphatic heterocycles. The molecule has 1 heterocycles. The first kappa shape index (κ1) is 26.3. The van der Waals surface area contributed by atoms with E-state index in [1.165, 1.54) is 36.6 Å². The van der Waals surface area contributed by atoms with Gasteiger partial charge in [-0.05, 0) is 29.3 Å². The molecule has 4 aromatic rings. The van der Waals surface area contributed by atoms with Crippen molar-refractivity contribution in [1.82, 2.24) is 5.48 Å². The first-order valence-electron chi connectivity index (χ1n) is 12.2. The van der Waals surface area contributed by atoms with Gasteiger partial charge in [-0.25, -0.2) is 4.79 Å². The summed E-state index contributed by atoms with van der Waals surface area (Å²) in [5.41, 5.74) is 2.48. The number of non-ortho nitro benzene ring substituents is 1. The van der Waals surface area contributed by atoms with Crippen molar-refractivity contribution in [3.8, 4) is 23.0 Å². The van der Waals surface area contributed by atoms with E-state index in [1.54, 1.807) is 12.1 Å². The average molecular weight is 541 g/mol. The Labute approximate surface area is 229 Å². The maximum Gasteiger partial charge on any atom is 0.336 e. The molecule has 0 radical (unpaired) electrons. The van der Waals surface area contributed by atoms with E-state index in [0.29, 0.717) is 5.75 Å². The third-order valence-corrected chi connectivity index (χ3v) is 6.14. The molecule has 10 nitrogen and oxygen atoms in total. The molecule has 0 saturated carbocycles. The van der Waals surface area contributed by atoms with Crippen LogP contribution in [0.25, 0.3) is 0 Å². The van der Waals surface area contributed by atoms with E-state index in [9.17, 15) is 20.0 Å². The third-order valence-electron chi connectivity index (χ3n) is 6.14. The number of aliphatic carboxylic acids is 1. The second kappa shape index (κ2) is 11.6. The summed E-state index contributed by atoms with van der Waals surface area (Å²) in [5, 5.41) is 21.4. The van der Waals surface area contributed by atoms with E-state index in [2.05, 4.69) is 5.48 Å². The van der Waals surface area contributed by atoms with Gasteiger partial charge in [-0.15, -0.1) is 5.48 Å². The molecule has 1 aliphatic rings. The van der Waals surface area contributed by atoms with Gasteiger partial charge in [0.25, 0.3) is 5.69 Å². The number of carbonyl (C=O) groups is 1. The second-order valence-electron chi connectivity index (χ2n) is 8.83. The van der Waals surface area contributed by atoms with E-state index in [0.717, 1.165) is 11.1 Å². The highest BCUT2D eigenvalue weighted by Crippen LogP contribution is 2.45. The number of carboxylic acids is 1. The maximum absolute atomic E-state index is 12.7. The standard InChI is InChI=1S/C30H24N2O8/c33-29(34)30(15-16-39-31-30)28-26(38-20-22-9-5-2-6-10-22)17-25(37-19-21-7-3-1-4-8-21)18-27(28)40-24-13-11-23(12-14-24)32(35)36/h1-18,31H,19-20H2,(H,33,34). The second-order valence-corrected chi connectivity index (χ2v) is 8.83. The lowest BCUT2D eigenvalue weighted by Gasteiger charge is -2.27. The number of hydroxylamine groups is 1. The van der Waals surface area contributed by atoms with Gasteiger partial charge in [0, 0.05) is 24.3 Å². The molecule has 2 N–H and O–H groups in total. The number of rotatable bonds is 11. The van der Waals surface area contributed by atoms with E-state index in [-0.39, 0.29) is 41.7 Å². The van der Waals surface area contributed by atoms with E-state index < -0.39 is 16.4 Å². The Morgan fingerprint density at radius 2 is 1.45 bits per heavy atom. The minimum atomic E-state index is -1.86. The molecule has 1 unspecified atom stereocenters. The SMILES string of the molecule is O=C(O)C1(c2c(OCc3ccccc3)cc(OCc3ccccc3)cc2Oc2ccc([N+](=O)[O-])cc2)C=CON1. The average Bonchev–Trinajstić information content (AvgIpc) is 3.47. The van der Waals surface area contributed by atoms with Crippen molar-refractivity contribution in [2.45, 2.75) is 18.8 Å². The van der Waals surface area contributed by atoms with E-state index in [1.807, 2.05) is 60.7 Å². The summed E-state index contributed by atoms with van der Waals surface area (Å²) in [5.74, 6) is -0.401. The lowest BCUT2D eigenvalue weighted by molar-refractivity contribution is -0.384. The van der Waals surface area contributed by atoms with Crippen LogP contribution < -0.4 is 19.7 Å². The number of benzene rings is 4. The van der Waals surface area contributed by atoms with Crippen LogP contribution in [0.3, 0.4) is 0 Å². The van der Waals surface area contributed by atoms with Crippen molar-refractivity contribution in [3.05, 3.63) is 136 Å². The zero-order valence-electron chi connectivity index (χ0n) is 21.1. The molecule has 0 aromatic heterocycles. The number of nitrogens with zero attached hydrogens (tertiary/aromatic N) is 1. The Morgan fingerprint density at radius 1 is 0.850 bits per heavy atom. The summed E-state index contributed by atoms with van der Waals surface area (Å²) >= 11 is 0. The first-order chi connectivity index (χ1) is 19.4. The van der Waals surface area contributed by atoms with Crippen LogP contribution in [-0.2, 0) is 28.4 Å². The lowest BCUT2D eigenvalue weighted by atomic mass is 9.89. The van der Waals surface area contributed by atoms with Crippen molar-refractivity contribution >= 4 is 11.7 Å². The van der Waals surface area contributed by atoms with Crippen LogP contribution in [0, 0.1) is 10.1 Å². The molecule has 40 heavy (non-hydrogen) atoms. The fourth-order valence-corrected chi connectivity index (χ4v) is 4.12. The number of hydrogen-bond acceptors (Lipinski definition) is 8. The highest BCUT2D eigenvalue weighted by molar-refractivity contribution is 5.86. The Hall–Kier alpha value is -5.35. The van der Waals surface area contributed by atoms with Crippen LogP contribution in [0.15, 0.2) is 109 Å². The van der Waals surface area contributed by atoms with Gasteiger partial charge >= 0.3 is 5.97 Å². The molecular weight excluding hydrogens is 516 g/mol. The normalized spacial score (nSPS) is 15.7. The molecule has 202 valence electrons. The molecular formula is C30H24N2O8. The summed E-state index contributed by atoms with van der Waals surface area (Å²) in [6.45, 7) is 0.369. The largest absolute Gasteiger partial charge is 0.489 e. The van der Waals surface area contributed by atoms with E-state index in [4.69, 9.17) is 19.0 Å². The highest BCUT2D eigenvalue weighted by atomic mass is 16.7. The van der Waals surface area contributed by atoms with Crippen molar-refractivity contribution in [2.24, 2.45) is 0 Å². The van der Waals surface area contributed by atoms with Gasteiger partial charge < -0.3 is 24.2 Å². The Balaban J connectivity index is 1.60.